The number of likely N-dealkylation sites (N-methyl/N-ethyl adjacent to an activating group) is 1. The molecule has 0 saturated carbocycles. The second kappa shape index (κ2) is 16.5. The van der Waals surface area contributed by atoms with Gasteiger partial charge in [-0.15, -0.1) is 0 Å². The summed E-state index contributed by atoms with van der Waals surface area (Å²) >= 11 is 0.791. The molecule has 0 aromatic rings. The van der Waals surface area contributed by atoms with Gasteiger partial charge in [0.15, 0.2) is 0 Å². The number of amides is 1. The molecule has 0 aliphatic carbocycles. The van der Waals surface area contributed by atoms with E-state index in [2.05, 4.69) is 19.2 Å². The summed E-state index contributed by atoms with van der Waals surface area (Å²) in [4.78, 5) is 22.4. The third kappa shape index (κ3) is 17.6. The Morgan fingerprint density at radius 3 is 2.27 bits per heavy atom. The van der Waals surface area contributed by atoms with Crippen molar-refractivity contribution >= 4 is 24.1 Å². The fourth-order valence-electron chi connectivity index (χ4n) is 2.86. The molecule has 0 aliphatic heterocycles. The van der Waals surface area contributed by atoms with Gasteiger partial charge in [-0.1, -0.05) is 58.8 Å². The summed E-state index contributed by atoms with van der Waals surface area (Å²) in [7, 11) is 5.96. The molecule has 30 heavy (non-hydrogen) atoms. The number of nitrogens with one attached hydrogen (secondary N) is 1. The van der Waals surface area contributed by atoms with Gasteiger partial charge >= 0.3 is 6.80 Å². The summed E-state index contributed by atoms with van der Waals surface area (Å²) in [6.07, 6.45) is 8.48. The largest absolute Gasteiger partial charge is 0.391 e. The molecule has 3 N–H and O–H groups in total. The molecule has 0 rings (SSSR count). The highest BCUT2D eigenvalue weighted by atomic mass is 32.7. The smallest absolute Gasteiger partial charge is 0.386 e. The van der Waals surface area contributed by atoms with Crippen LogP contribution in [0.1, 0.15) is 78.1 Å². The molecule has 0 bridgehead atoms. The Kier molecular flexibility index (Phi) is 16.5. The van der Waals surface area contributed by atoms with Gasteiger partial charge in [-0.25, -0.2) is 4.57 Å². The first-order valence-electron chi connectivity index (χ1n) is 11.4. The highest BCUT2D eigenvalue weighted by Gasteiger charge is 2.28. The van der Waals surface area contributed by atoms with E-state index < -0.39 is 18.9 Å². The van der Waals surface area contributed by atoms with Gasteiger partial charge in [0.25, 0.3) is 0 Å². The number of hydrogen-bond acceptors (Lipinski definition) is 5. The Bertz CT molecular complexity index is 502. The summed E-state index contributed by atoms with van der Waals surface area (Å²) in [6.45, 7) is 1.19. The number of aliphatic hydroxyl groups is 1. The van der Waals surface area contributed by atoms with E-state index in [4.69, 9.17) is 4.52 Å². The van der Waals surface area contributed by atoms with E-state index in [-0.39, 0.29) is 18.3 Å². The maximum atomic E-state index is 12.4. The number of unbranched alkanes of at least 4 members (excludes halogenated alkanes) is 6. The number of carbonyl (C=O) groups is 1. The van der Waals surface area contributed by atoms with E-state index in [0.717, 1.165) is 56.3 Å². The molecule has 0 heterocycles. The molecule has 0 aromatic heterocycles. The Balaban J connectivity index is 4.68. The lowest BCUT2D eigenvalue weighted by molar-refractivity contribution is -0.870. The van der Waals surface area contributed by atoms with Crippen LogP contribution >= 0.6 is 18.2 Å². The van der Waals surface area contributed by atoms with Crippen LogP contribution in [0.25, 0.3) is 0 Å². The van der Waals surface area contributed by atoms with Crippen molar-refractivity contribution in [3.63, 3.8) is 0 Å². The zero-order valence-corrected chi connectivity index (χ0v) is 21.5. The van der Waals surface area contributed by atoms with Crippen LogP contribution in [-0.4, -0.2) is 72.6 Å². The zero-order valence-electron chi connectivity index (χ0n) is 19.8. The van der Waals surface area contributed by atoms with Crippen LogP contribution in [-0.2, 0) is 13.9 Å². The molecule has 1 unspecified atom stereocenters. The van der Waals surface area contributed by atoms with E-state index in [9.17, 15) is 19.4 Å². The van der Waals surface area contributed by atoms with Crippen molar-refractivity contribution in [3.05, 3.63) is 0 Å². The minimum atomic E-state index is -3.84. The summed E-state index contributed by atoms with van der Waals surface area (Å²) in [6, 6.07) is -0.558. The van der Waals surface area contributed by atoms with Gasteiger partial charge in [-0.05, 0) is 24.2 Å². The van der Waals surface area contributed by atoms with Crippen LogP contribution in [0.2, 0.25) is 0 Å². The third-order valence-corrected chi connectivity index (χ3v) is 7.94. The quantitative estimate of drug-likeness (QED) is 0.148. The molecule has 0 saturated heterocycles. The first kappa shape index (κ1) is 29.9. The van der Waals surface area contributed by atoms with Crippen LogP contribution in [0, 0.1) is 0 Å². The second-order valence-electron chi connectivity index (χ2n) is 9.01. The number of nitrogens with zero attached hydrogens (tertiary/aromatic N) is 1. The van der Waals surface area contributed by atoms with Crippen LogP contribution in [0.3, 0.4) is 0 Å². The molecule has 3 atom stereocenters. The number of rotatable bonds is 19. The first-order chi connectivity index (χ1) is 14.0. The van der Waals surface area contributed by atoms with E-state index in [1.807, 2.05) is 21.1 Å². The number of hydrogen-bond donors (Lipinski definition) is 3. The molecule has 9 heteroatoms. The predicted octanol–water partition coefficient (Wildman–Crippen LogP) is 4.33. The molecule has 1 amide bonds. The predicted molar refractivity (Wildman–Crippen MR) is 127 cm³/mol. The maximum Gasteiger partial charge on any atom is 0.386 e. The summed E-state index contributed by atoms with van der Waals surface area (Å²) < 4.78 is 18.2. The number of carbonyl (C=O) groups excluding carboxylic acids is 1. The van der Waals surface area contributed by atoms with E-state index in [0.29, 0.717) is 23.9 Å². The number of quaternary nitrogens is 1. The van der Waals surface area contributed by atoms with Crippen LogP contribution < -0.4 is 5.32 Å². The second-order valence-corrected chi connectivity index (χ2v) is 13.0. The standard InChI is InChI=1S/C21H45N2O5PS/c1-6-8-10-11-13-14-20(24)19(22-21(25)15-12-9-7-2)18-30-29(26,27)28-17-16-23(3,4)5/h19-20,24H,6-18H2,1-5H3,(H-,22,25,26,27)/p+1/t19-,20-/m1/s1. The van der Waals surface area contributed by atoms with Gasteiger partial charge in [0, 0.05) is 12.2 Å². The molecule has 0 aromatic carbocycles. The Morgan fingerprint density at radius 2 is 1.67 bits per heavy atom. The van der Waals surface area contributed by atoms with Gasteiger partial charge in [0.1, 0.15) is 13.2 Å². The lowest BCUT2D eigenvalue weighted by atomic mass is 10.0. The van der Waals surface area contributed by atoms with E-state index in [1.165, 1.54) is 6.42 Å². The van der Waals surface area contributed by atoms with E-state index >= 15 is 0 Å². The maximum absolute atomic E-state index is 12.4. The van der Waals surface area contributed by atoms with Gasteiger partial charge in [0.2, 0.25) is 5.91 Å². The fourth-order valence-corrected chi connectivity index (χ4v) is 5.40. The minimum Gasteiger partial charge on any atom is -0.391 e. The SMILES string of the molecule is CCCCCCC[C@@H](O)[C@@H](CSP(=O)(O)OCC[N+](C)(C)C)NC(=O)CCCCC. The van der Waals surface area contributed by atoms with E-state index in [1.54, 1.807) is 0 Å². The van der Waals surface area contributed by atoms with Gasteiger partial charge < -0.3 is 19.8 Å². The van der Waals surface area contributed by atoms with Crippen molar-refractivity contribution in [2.24, 2.45) is 0 Å². The van der Waals surface area contributed by atoms with Gasteiger partial charge in [-0.2, -0.15) is 0 Å². The topological polar surface area (TPSA) is 95.9 Å². The van der Waals surface area contributed by atoms with Crippen molar-refractivity contribution in [2.75, 3.05) is 40.0 Å². The number of aliphatic hydroxyl groups excluding tert-OH is 1. The van der Waals surface area contributed by atoms with Crippen LogP contribution in [0.15, 0.2) is 0 Å². The average molecular weight is 470 g/mol. The summed E-state index contributed by atoms with van der Waals surface area (Å²) in [5.41, 5.74) is 0. The van der Waals surface area contributed by atoms with Gasteiger partial charge in [0.05, 0.1) is 33.3 Å². The minimum absolute atomic E-state index is 0.113. The molecule has 0 aliphatic rings. The monoisotopic (exact) mass is 469 g/mol. The fraction of sp³-hybridized carbons (Fsp3) is 0.952. The molecular weight excluding hydrogens is 423 g/mol. The zero-order chi connectivity index (χ0) is 23.0. The lowest BCUT2D eigenvalue weighted by Gasteiger charge is -2.26. The van der Waals surface area contributed by atoms with Crippen LogP contribution in [0.5, 0.6) is 0 Å². The highest BCUT2D eigenvalue weighted by molar-refractivity contribution is 8.54. The lowest BCUT2D eigenvalue weighted by Crippen LogP contribution is -2.45. The van der Waals surface area contributed by atoms with Crippen molar-refractivity contribution in [2.45, 2.75) is 90.2 Å². The Hall–Kier alpha value is -0.110. The highest BCUT2D eigenvalue weighted by Crippen LogP contribution is 2.55. The van der Waals surface area contributed by atoms with Crippen molar-refractivity contribution in [1.82, 2.24) is 5.32 Å². The molecule has 0 spiro atoms. The summed E-state index contributed by atoms with van der Waals surface area (Å²) in [5.74, 6) is 0.0335. The molecular formula is C21H46N2O5PS+. The molecule has 0 fully saturated rings. The van der Waals surface area contributed by atoms with Crippen molar-refractivity contribution < 1.29 is 28.4 Å². The molecule has 7 nitrogen and oxygen atoms in total. The van der Waals surface area contributed by atoms with Gasteiger partial charge in [-0.3, -0.25) is 9.32 Å². The van der Waals surface area contributed by atoms with Crippen molar-refractivity contribution in [1.29, 1.82) is 0 Å². The average Bonchev–Trinajstić information content (AvgIpc) is 2.63. The van der Waals surface area contributed by atoms with Crippen molar-refractivity contribution in [3.8, 4) is 0 Å². The Morgan fingerprint density at radius 1 is 1.07 bits per heavy atom. The third-order valence-electron chi connectivity index (χ3n) is 4.86. The summed E-state index contributed by atoms with van der Waals surface area (Å²) in [5, 5.41) is 13.5. The van der Waals surface area contributed by atoms with Crippen LogP contribution in [0.4, 0.5) is 0 Å². The Labute approximate surface area is 188 Å². The normalized spacial score (nSPS) is 16.1. The molecule has 0 radical (unpaired) electrons. The first-order valence-corrected chi connectivity index (χ1v) is 14.6. The molecule has 180 valence electrons.